The molecule has 0 aliphatic carbocycles. The lowest BCUT2D eigenvalue weighted by atomic mass is 10.1. The third-order valence-electron chi connectivity index (χ3n) is 4.68. The average Bonchev–Trinajstić information content (AvgIpc) is 3.27. The normalized spacial score (nSPS) is 15.7. The van der Waals surface area contributed by atoms with Gasteiger partial charge in [0.05, 0.1) is 16.4 Å². The number of hydrogen-bond acceptors (Lipinski definition) is 8. The molecule has 1 unspecified atom stereocenters. The highest BCUT2D eigenvalue weighted by Crippen LogP contribution is 2.39. The quantitative estimate of drug-likeness (QED) is 0.645. The number of aromatic nitrogens is 3. The van der Waals surface area contributed by atoms with E-state index in [0.29, 0.717) is 23.0 Å². The van der Waals surface area contributed by atoms with Crippen molar-refractivity contribution in [2.24, 2.45) is 0 Å². The number of amides is 2. The fourth-order valence-corrected chi connectivity index (χ4v) is 4.79. The van der Waals surface area contributed by atoms with Gasteiger partial charge in [0.1, 0.15) is 17.3 Å². The number of carbonyl (C=O) groups is 2. The summed E-state index contributed by atoms with van der Waals surface area (Å²) in [6, 6.07) is 5.64. The van der Waals surface area contributed by atoms with Crippen LogP contribution in [0.1, 0.15) is 28.2 Å². The Balaban J connectivity index is 1.67. The Morgan fingerprint density at radius 1 is 1.20 bits per heavy atom. The molecular weight excluding hydrogens is 422 g/mol. The summed E-state index contributed by atoms with van der Waals surface area (Å²) >= 11 is 2.91. The Bertz CT molecular complexity index is 1120. The molecule has 156 valence electrons. The summed E-state index contributed by atoms with van der Waals surface area (Å²) in [6.45, 7) is 7.53. The van der Waals surface area contributed by atoms with E-state index >= 15 is 0 Å². The van der Waals surface area contributed by atoms with E-state index in [1.54, 1.807) is 11.3 Å². The molecule has 1 N–H and O–H groups in total. The minimum Gasteiger partial charge on any atom is -0.478 e. The summed E-state index contributed by atoms with van der Waals surface area (Å²) in [5, 5.41) is 12.7. The third-order valence-corrected chi connectivity index (χ3v) is 6.32. The second-order valence-electron chi connectivity index (χ2n) is 6.93. The summed E-state index contributed by atoms with van der Waals surface area (Å²) in [7, 11) is 0. The van der Waals surface area contributed by atoms with Crippen molar-refractivity contribution >= 4 is 45.3 Å². The molecule has 1 atom stereocenters. The predicted octanol–water partition coefficient (Wildman–Crippen LogP) is 3.73. The van der Waals surface area contributed by atoms with Crippen molar-refractivity contribution in [2.45, 2.75) is 40.2 Å². The van der Waals surface area contributed by atoms with E-state index in [1.807, 2.05) is 45.9 Å². The van der Waals surface area contributed by atoms with Crippen LogP contribution >= 0.6 is 22.7 Å². The van der Waals surface area contributed by atoms with Crippen molar-refractivity contribution in [3.8, 4) is 17.0 Å². The van der Waals surface area contributed by atoms with Crippen molar-refractivity contribution in [3.63, 3.8) is 0 Å². The number of rotatable bonds is 5. The molecule has 2 amide bonds. The van der Waals surface area contributed by atoms with Crippen LogP contribution in [0.2, 0.25) is 0 Å². The van der Waals surface area contributed by atoms with Crippen molar-refractivity contribution in [2.75, 3.05) is 16.8 Å². The molecule has 3 aromatic rings. The van der Waals surface area contributed by atoms with Gasteiger partial charge in [0.25, 0.3) is 5.91 Å². The first-order valence-corrected chi connectivity index (χ1v) is 11.2. The number of hydrogen-bond donors (Lipinski definition) is 1. The molecule has 3 heterocycles. The van der Waals surface area contributed by atoms with E-state index in [1.165, 1.54) is 16.2 Å². The van der Waals surface area contributed by atoms with Crippen LogP contribution in [0, 0.1) is 20.8 Å². The van der Waals surface area contributed by atoms with E-state index in [4.69, 9.17) is 4.74 Å². The first kappa shape index (κ1) is 20.4. The van der Waals surface area contributed by atoms with Crippen LogP contribution in [-0.2, 0) is 9.59 Å². The molecule has 2 aromatic heterocycles. The smallest absolute Gasteiger partial charge is 0.268 e. The zero-order valence-electron chi connectivity index (χ0n) is 17.1. The molecule has 0 saturated heterocycles. The van der Waals surface area contributed by atoms with Crippen LogP contribution < -0.4 is 15.0 Å². The van der Waals surface area contributed by atoms with Gasteiger partial charge in [-0.15, -0.1) is 21.5 Å². The molecule has 0 bridgehead atoms. The number of nitrogens with zero attached hydrogens (tertiary/aromatic N) is 4. The molecule has 10 heteroatoms. The first-order valence-electron chi connectivity index (χ1n) is 9.52. The highest BCUT2D eigenvalue weighted by molar-refractivity contribution is 7.15. The Hall–Kier alpha value is -2.85. The number of fused-ring (bicyclic) bond motifs is 1. The molecule has 1 aliphatic rings. The number of aryl methyl sites for hydroxylation is 3. The number of nitrogens with one attached hydrogen (secondary N) is 1. The van der Waals surface area contributed by atoms with Crippen molar-refractivity contribution in [3.05, 3.63) is 33.1 Å². The molecule has 0 spiro atoms. The second-order valence-corrected chi connectivity index (χ2v) is 9.52. The topological polar surface area (TPSA) is 97.3 Å². The van der Waals surface area contributed by atoms with E-state index in [-0.39, 0.29) is 18.4 Å². The van der Waals surface area contributed by atoms with Crippen LogP contribution in [-0.4, -0.2) is 39.6 Å². The van der Waals surface area contributed by atoms with E-state index in [2.05, 4.69) is 20.5 Å². The zero-order chi connectivity index (χ0) is 21.4. The Labute approximate surface area is 181 Å². The number of anilines is 2. The lowest BCUT2D eigenvalue weighted by Crippen LogP contribution is -2.48. The van der Waals surface area contributed by atoms with Gasteiger partial charge in [-0.05, 0) is 45.4 Å². The first-order chi connectivity index (χ1) is 14.4. The van der Waals surface area contributed by atoms with Crippen LogP contribution in [0.3, 0.4) is 0 Å². The minimum atomic E-state index is -0.622. The van der Waals surface area contributed by atoms with Gasteiger partial charge < -0.3 is 4.74 Å². The SMILES string of the molecule is CCC1Oc2ccc(-c3nc(C)sc3C)cc2N(CC(=O)Nc2nnc(C)s2)C1=O. The van der Waals surface area contributed by atoms with Gasteiger partial charge in [0.2, 0.25) is 11.0 Å². The fourth-order valence-electron chi connectivity index (χ4n) is 3.34. The van der Waals surface area contributed by atoms with Gasteiger partial charge in [0.15, 0.2) is 6.10 Å². The minimum absolute atomic E-state index is 0.136. The van der Waals surface area contributed by atoms with Gasteiger partial charge in [0, 0.05) is 10.4 Å². The predicted molar refractivity (Wildman–Crippen MR) is 117 cm³/mol. The highest BCUT2D eigenvalue weighted by Gasteiger charge is 2.35. The highest BCUT2D eigenvalue weighted by atomic mass is 32.1. The van der Waals surface area contributed by atoms with Crippen LogP contribution in [0.25, 0.3) is 11.3 Å². The molecule has 8 nitrogen and oxygen atoms in total. The molecule has 0 radical (unpaired) electrons. The maximum atomic E-state index is 13.0. The molecule has 30 heavy (non-hydrogen) atoms. The van der Waals surface area contributed by atoms with Crippen LogP contribution in [0.5, 0.6) is 5.75 Å². The summed E-state index contributed by atoms with van der Waals surface area (Å²) < 4.78 is 5.89. The molecule has 4 rings (SSSR count). The standard InChI is InChI=1S/C20H21N5O3S2/c1-5-15-19(27)25(9-17(26)22-20-24-23-12(4)30-20)14-8-13(6-7-16(14)28-15)18-10(2)29-11(3)21-18/h6-8,15H,5,9H2,1-4H3,(H,22,24,26). The number of carbonyl (C=O) groups excluding carboxylic acids is 2. The second kappa shape index (κ2) is 8.11. The lowest BCUT2D eigenvalue weighted by Gasteiger charge is -2.33. The van der Waals surface area contributed by atoms with E-state index < -0.39 is 6.10 Å². The Kier molecular flexibility index (Phi) is 5.52. The lowest BCUT2D eigenvalue weighted by molar-refractivity contribution is -0.128. The van der Waals surface area contributed by atoms with Gasteiger partial charge in [-0.2, -0.15) is 0 Å². The summed E-state index contributed by atoms with van der Waals surface area (Å²) in [4.78, 5) is 32.8. The van der Waals surface area contributed by atoms with Crippen LogP contribution in [0.15, 0.2) is 18.2 Å². The van der Waals surface area contributed by atoms with Crippen molar-refractivity contribution < 1.29 is 14.3 Å². The molecular formula is C20H21N5O3S2. The number of benzene rings is 1. The molecule has 1 aromatic carbocycles. The zero-order valence-corrected chi connectivity index (χ0v) is 18.7. The molecule has 1 aliphatic heterocycles. The van der Waals surface area contributed by atoms with Gasteiger partial charge in [-0.1, -0.05) is 18.3 Å². The van der Waals surface area contributed by atoms with Gasteiger partial charge in [-0.25, -0.2) is 4.98 Å². The molecule has 0 fully saturated rings. The van der Waals surface area contributed by atoms with Crippen LogP contribution in [0.4, 0.5) is 10.8 Å². The molecule has 0 saturated carbocycles. The Morgan fingerprint density at radius 3 is 2.63 bits per heavy atom. The van der Waals surface area contributed by atoms with Gasteiger partial charge >= 0.3 is 0 Å². The van der Waals surface area contributed by atoms with Gasteiger partial charge in [-0.3, -0.25) is 19.8 Å². The van der Waals surface area contributed by atoms with E-state index in [0.717, 1.165) is 26.1 Å². The maximum Gasteiger partial charge on any atom is 0.268 e. The summed E-state index contributed by atoms with van der Waals surface area (Å²) in [6.07, 6.45) is -0.110. The van der Waals surface area contributed by atoms with Crippen molar-refractivity contribution in [1.82, 2.24) is 15.2 Å². The largest absolute Gasteiger partial charge is 0.478 e. The number of thiazole rings is 1. The Morgan fingerprint density at radius 2 is 2.00 bits per heavy atom. The summed E-state index contributed by atoms with van der Waals surface area (Å²) in [5.74, 6) is -0.000390. The average molecular weight is 444 g/mol. The summed E-state index contributed by atoms with van der Waals surface area (Å²) in [5.41, 5.74) is 2.32. The maximum absolute atomic E-state index is 13.0. The van der Waals surface area contributed by atoms with E-state index in [9.17, 15) is 9.59 Å². The number of ether oxygens (including phenoxy) is 1. The monoisotopic (exact) mass is 443 g/mol. The third kappa shape index (κ3) is 3.92. The fraction of sp³-hybridized carbons (Fsp3) is 0.350. The van der Waals surface area contributed by atoms with Crippen molar-refractivity contribution in [1.29, 1.82) is 0 Å².